The summed E-state index contributed by atoms with van der Waals surface area (Å²) < 4.78 is 36.7. The Morgan fingerprint density at radius 1 is 1.38 bits per heavy atom. The number of carboxylic acid groups (broad SMARTS) is 1. The van der Waals surface area contributed by atoms with Gasteiger partial charge in [0.25, 0.3) is 0 Å². The smallest absolute Gasteiger partial charge is 0.475 e. The number of nitrogens with one attached hydrogen (secondary N) is 2. The maximum Gasteiger partial charge on any atom is 0.490 e. The van der Waals surface area contributed by atoms with Crippen molar-refractivity contribution in [2.24, 2.45) is 0 Å². The number of amides is 1. The molecule has 0 radical (unpaired) electrons. The number of carbonyl (C=O) groups is 2. The van der Waals surface area contributed by atoms with E-state index in [1.165, 1.54) is 0 Å². The lowest BCUT2D eigenvalue weighted by atomic mass is 9.98. The number of aliphatic carboxylic acids is 1. The monoisotopic (exact) mass is 242 g/mol. The van der Waals surface area contributed by atoms with E-state index >= 15 is 0 Å². The van der Waals surface area contributed by atoms with Crippen LogP contribution in [-0.4, -0.2) is 48.6 Å². The number of hydrogen-bond acceptors (Lipinski definition) is 4. The summed E-state index contributed by atoms with van der Waals surface area (Å²) >= 11 is 0. The minimum atomic E-state index is -5.08. The summed E-state index contributed by atoms with van der Waals surface area (Å²) in [6.07, 6.45) is -5.36. The molecule has 9 heteroatoms. The molecule has 0 unspecified atom stereocenters. The van der Waals surface area contributed by atoms with E-state index in [1.807, 2.05) is 0 Å². The zero-order valence-electron chi connectivity index (χ0n) is 7.93. The average molecular weight is 242 g/mol. The van der Waals surface area contributed by atoms with Gasteiger partial charge in [0.05, 0.1) is 6.54 Å². The second-order valence-corrected chi connectivity index (χ2v) is 3.33. The maximum absolute atomic E-state index is 10.6. The minimum Gasteiger partial charge on any atom is -0.475 e. The largest absolute Gasteiger partial charge is 0.490 e. The lowest BCUT2D eigenvalue weighted by molar-refractivity contribution is -0.192. The van der Waals surface area contributed by atoms with E-state index in [0.717, 1.165) is 13.1 Å². The molecule has 2 rings (SSSR count). The Hall–Kier alpha value is -1.51. The van der Waals surface area contributed by atoms with Gasteiger partial charge in [0.1, 0.15) is 0 Å². The van der Waals surface area contributed by atoms with Crippen molar-refractivity contribution >= 4 is 12.1 Å². The van der Waals surface area contributed by atoms with Crippen LogP contribution in [0.15, 0.2) is 0 Å². The van der Waals surface area contributed by atoms with Crippen molar-refractivity contribution in [3.05, 3.63) is 0 Å². The Labute approximate surface area is 87.8 Å². The Kier molecular flexibility index (Phi) is 3.27. The van der Waals surface area contributed by atoms with Crippen LogP contribution in [0.4, 0.5) is 18.0 Å². The lowest BCUT2D eigenvalue weighted by Crippen LogP contribution is -2.61. The molecule has 2 aliphatic rings. The number of alkyl carbamates (subject to hydrolysis) is 1. The Bertz CT molecular complexity index is 300. The van der Waals surface area contributed by atoms with E-state index < -0.39 is 12.1 Å². The van der Waals surface area contributed by atoms with Crippen molar-refractivity contribution < 1.29 is 32.6 Å². The Morgan fingerprint density at radius 3 is 2.00 bits per heavy atom. The standard InChI is InChI=1S/C5H8N2O2.C2HF3O2/c8-4-7-3-5(9-4)1-6-2-5;3-2(4,5)1(6)7/h6H,1-3H2,(H,7,8);(H,6,7). The van der Waals surface area contributed by atoms with Crippen LogP contribution in [0.25, 0.3) is 0 Å². The predicted octanol–water partition coefficient (Wildman–Crippen LogP) is -0.299. The zero-order chi connectivity index (χ0) is 12.4. The second kappa shape index (κ2) is 4.16. The molecule has 1 amide bonds. The molecule has 0 aromatic rings. The van der Waals surface area contributed by atoms with E-state index in [-0.39, 0.29) is 11.7 Å². The van der Waals surface area contributed by atoms with Gasteiger partial charge in [-0.3, -0.25) is 0 Å². The van der Waals surface area contributed by atoms with Crippen molar-refractivity contribution in [2.75, 3.05) is 19.6 Å². The van der Waals surface area contributed by atoms with Crippen LogP contribution in [0.5, 0.6) is 0 Å². The highest BCUT2D eigenvalue weighted by molar-refractivity contribution is 5.73. The molecule has 0 saturated carbocycles. The van der Waals surface area contributed by atoms with E-state index in [4.69, 9.17) is 14.6 Å². The molecule has 0 bridgehead atoms. The maximum atomic E-state index is 10.6. The number of carboxylic acids is 1. The average Bonchev–Trinajstić information content (AvgIpc) is 2.46. The topological polar surface area (TPSA) is 87.7 Å². The molecule has 2 fully saturated rings. The molecule has 92 valence electrons. The van der Waals surface area contributed by atoms with E-state index in [2.05, 4.69) is 10.6 Å². The number of hydrogen-bond donors (Lipinski definition) is 3. The molecule has 6 nitrogen and oxygen atoms in total. The predicted molar refractivity (Wildman–Crippen MR) is 43.8 cm³/mol. The number of alkyl halides is 3. The van der Waals surface area contributed by atoms with Crippen LogP contribution in [-0.2, 0) is 9.53 Å². The van der Waals surface area contributed by atoms with Gasteiger partial charge in [-0.1, -0.05) is 0 Å². The van der Waals surface area contributed by atoms with Crippen molar-refractivity contribution in [1.29, 1.82) is 0 Å². The number of ether oxygens (including phenoxy) is 1. The molecule has 0 aromatic carbocycles. The van der Waals surface area contributed by atoms with E-state index in [1.54, 1.807) is 0 Å². The van der Waals surface area contributed by atoms with Crippen LogP contribution in [0.3, 0.4) is 0 Å². The molecule has 1 spiro atoms. The molecule has 0 atom stereocenters. The number of halogens is 3. The highest BCUT2D eigenvalue weighted by Crippen LogP contribution is 2.19. The Morgan fingerprint density at radius 2 is 1.88 bits per heavy atom. The first-order valence-corrected chi connectivity index (χ1v) is 4.23. The molecule has 3 N–H and O–H groups in total. The molecule has 2 aliphatic heterocycles. The highest BCUT2D eigenvalue weighted by atomic mass is 19.4. The van der Waals surface area contributed by atoms with Gasteiger partial charge >= 0.3 is 18.2 Å². The fraction of sp³-hybridized carbons (Fsp3) is 0.714. The molecule has 0 aliphatic carbocycles. The summed E-state index contributed by atoms with van der Waals surface area (Å²) in [6, 6.07) is 0. The SMILES string of the molecule is O=C(O)C(F)(F)F.O=C1NCC2(CNC2)O1. The van der Waals surface area contributed by atoms with Crippen molar-refractivity contribution in [2.45, 2.75) is 11.8 Å². The molecule has 16 heavy (non-hydrogen) atoms. The highest BCUT2D eigenvalue weighted by Gasteiger charge is 2.45. The van der Waals surface area contributed by atoms with Gasteiger partial charge in [-0.05, 0) is 0 Å². The van der Waals surface area contributed by atoms with Crippen LogP contribution < -0.4 is 10.6 Å². The first kappa shape index (κ1) is 12.6. The normalized spacial score (nSPS) is 21.3. The fourth-order valence-corrected chi connectivity index (χ4v) is 1.10. The second-order valence-electron chi connectivity index (χ2n) is 3.33. The third-order valence-electron chi connectivity index (χ3n) is 2.00. The van der Waals surface area contributed by atoms with Crippen LogP contribution in [0.1, 0.15) is 0 Å². The third kappa shape index (κ3) is 2.99. The molecular weight excluding hydrogens is 233 g/mol. The van der Waals surface area contributed by atoms with Crippen LogP contribution >= 0.6 is 0 Å². The van der Waals surface area contributed by atoms with E-state index in [9.17, 15) is 18.0 Å². The summed E-state index contributed by atoms with van der Waals surface area (Å²) in [5.41, 5.74) is -0.183. The van der Waals surface area contributed by atoms with Gasteiger partial charge < -0.3 is 20.5 Å². The van der Waals surface area contributed by atoms with Gasteiger partial charge in [-0.2, -0.15) is 13.2 Å². The first-order valence-electron chi connectivity index (χ1n) is 4.23. The minimum absolute atomic E-state index is 0.183. The van der Waals surface area contributed by atoms with Gasteiger partial charge in [0.2, 0.25) is 0 Å². The molecule has 0 aromatic heterocycles. The summed E-state index contributed by atoms with van der Waals surface area (Å²) in [5, 5.41) is 12.8. The van der Waals surface area contributed by atoms with Gasteiger partial charge in [0.15, 0.2) is 5.60 Å². The van der Waals surface area contributed by atoms with Crippen molar-refractivity contribution in [1.82, 2.24) is 10.6 Å². The van der Waals surface area contributed by atoms with Crippen LogP contribution in [0.2, 0.25) is 0 Å². The first-order chi connectivity index (χ1) is 7.25. The lowest BCUT2D eigenvalue weighted by Gasteiger charge is -2.35. The molecule has 2 saturated heterocycles. The van der Waals surface area contributed by atoms with Crippen molar-refractivity contribution in [3.63, 3.8) is 0 Å². The molecular formula is C7H9F3N2O4. The zero-order valence-corrected chi connectivity index (χ0v) is 7.93. The molecule has 2 heterocycles. The Balaban J connectivity index is 0.000000168. The van der Waals surface area contributed by atoms with Gasteiger partial charge in [-0.25, -0.2) is 9.59 Å². The summed E-state index contributed by atoms with van der Waals surface area (Å²) in [4.78, 5) is 19.4. The summed E-state index contributed by atoms with van der Waals surface area (Å²) in [6.45, 7) is 2.26. The van der Waals surface area contributed by atoms with Crippen LogP contribution in [0, 0.1) is 0 Å². The fourth-order valence-electron chi connectivity index (χ4n) is 1.10. The van der Waals surface area contributed by atoms with Crippen molar-refractivity contribution in [3.8, 4) is 0 Å². The van der Waals surface area contributed by atoms with Gasteiger partial charge in [-0.15, -0.1) is 0 Å². The van der Waals surface area contributed by atoms with E-state index in [0.29, 0.717) is 6.54 Å². The quantitative estimate of drug-likeness (QED) is 0.543. The number of carbonyl (C=O) groups excluding carboxylic acids is 1. The third-order valence-corrected chi connectivity index (χ3v) is 2.00. The van der Waals surface area contributed by atoms with Gasteiger partial charge in [0, 0.05) is 13.1 Å². The summed E-state index contributed by atoms with van der Waals surface area (Å²) in [7, 11) is 0. The summed E-state index contributed by atoms with van der Waals surface area (Å²) in [5.74, 6) is -2.76. The number of rotatable bonds is 0.